The molecule has 0 bridgehead atoms. The molecular weight excluding hydrogens is 360 g/mol. The van der Waals surface area contributed by atoms with Crippen molar-refractivity contribution in [2.45, 2.75) is 13.8 Å². The number of hydrogen-bond donors (Lipinski definition) is 0. The summed E-state index contributed by atoms with van der Waals surface area (Å²) in [6, 6.07) is 18.1. The van der Waals surface area contributed by atoms with Crippen molar-refractivity contribution < 1.29 is 0 Å². The van der Waals surface area contributed by atoms with Crippen LogP contribution in [0.3, 0.4) is 0 Å². The third-order valence-electron chi connectivity index (χ3n) is 8.21. The quantitative estimate of drug-likeness (QED) is 0.426. The van der Waals surface area contributed by atoms with Crippen LogP contribution in [0.4, 0.5) is 0 Å². The molecule has 142 valence electrons. The molecule has 30 heavy (non-hydrogen) atoms. The minimum absolute atomic E-state index is 0.0253. The molecule has 3 aromatic carbocycles. The summed E-state index contributed by atoms with van der Waals surface area (Å²) in [4.78, 5) is 0. The summed E-state index contributed by atoms with van der Waals surface area (Å²) in [7, 11) is 0. The summed E-state index contributed by atoms with van der Waals surface area (Å²) >= 11 is 0. The normalized spacial score (nSPS) is 27.8. The van der Waals surface area contributed by atoms with Crippen LogP contribution in [-0.4, -0.2) is 0 Å². The SMILES string of the molecule is C[C@@]12C3=CC=CC1=CC=C1C=c4cc5c(ccc6ccccc65)cc4=C(C=C3)[C@]12C. The maximum atomic E-state index is 2.45. The fourth-order valence-corrected chi connectivity index (χ4v) is 6.32. The van der Waals surface area contributed by atoms with Gasteiger partial charge in [0.15, 0.2) is 0 Å². The van der Waals surface area contributed by atoms with Crippen LogP contribution in [0, 0.1) is 10.8 Å². The fraction of sp³-hybridized carbons (Fsp3) is 0.133. The largest absolute Gasteiger partial charge is 0.0617 e. The van der Waals surface area contributed by atoms with Crippen LogP contribution in [-0.2, 0) is 0 Å². The van der Waals surface area contributed by atoms with Gasteiger partial charge in [-0.25, -0.2) is 0 Å². The summed E-state index contributed by atoms with van der Waals surface area (Å²) < 4.78 is 0. The topological polar surface area (TPSA) is 0 Å². The van der Waals surface area contributed by atoms with Gasteiger partial charge in [0.1, 0.15) is 0 Å². The fourth-order valence-electron chi connectivity index (χ4n) is 6.32. The lowest BCUT2D eigenvalue weighted by molar-refractivity contribution is 0.279. The first-order valence-electron chi connectivity index (χ1n) is 10.8. The minimum Gasteiger partial charge on any atom is -0.0617 e. The molecule has 0 radical (unpaired) electrons. The zero-order valence-corrected chi connectivity index (χ0v) is 17.2. The van der Waals surface area contributed by atoms with Crippen molar-refractivity contribution in [3.05, 3.63) is 118 Å². The number of benzene rings is 3. The Morgan fingerprint density at radius 2 is 1.43 bits per heavy atom. The molecule has 0 aromatic heterocycles. The molecule has 3 aromatic rings. The van der Waals surface area contributed by atoms with E-state index in [1.165, 1.54) is 54.3 Å². The van der Waals surface area contributed by atoms with Gasteiger partial charge in [0.2, 0.25) is 0 Å². The van der Waals surface area contributed by atoms with E-state index < -0.39 is 0 Å². The van der Waals surface area contributed by atoms with Gasteiger partial charge in [0.05, 0.1) is 0 Å². The van der Waals surface area contributed by atoms with E-state index in [1.807, 2.05) is 0 Å². The Morgan fingerprint density at radius 1 is 0.633 bits per heavy atom. The van der Waals surface area contributed by atoms with Crippen molar-refractivity contribution in [2.75, 3.05) is 0 Å². The van der Waals surface area contributed by atoms with Gasteiger partial charge in [-0.15, -0.1) is 0 Å². The minimum atomic E-state index is -0.0556. The molecule has 4 aliphatic carbocycles. The van der Waals surface area contributed by atoms with Crippen LogP contribution in [0.1, 0.15) is 13.8 Å². The van der Waals surface area contributed by atoms with E-state index in [4.69, 9.17) is 0 Å². The highest BCUT2D eigenvalue weighted by Gasteiger charge is 2.55. The predicted molar refractivity (Wildman–Crippen MR) is 127 cm³/mol. The van der Waals surface area contributed by atoms with Crippen molar-refractivity contribution >= 4 is 33.2 Å². The smallest absolute Gasteiger partial charge is 0.0315 e. The van der Waals surface area contributed by atoms with Crippen LogP contribution in [0.2, 0.25) is 0 Å². The Labute approximate surface area is 176 Å². The van der Waals surface area contributed by atoms with Crippen molar-refractivity contribution in [3.63, 3.8) is 0 Å². The molecule has 0 saturated carbocycles. The molecule has 0 aliphatic heterocycles. The van der Waals surface area contributed by atoms with Gasteiger partial charge in [-0.05, 0) is 66.4 Å². The molecule has 0 amide bonds. The average Bonchev–Trinajstić information content (AvgIpc) is 2.76. The highest BCUT2D eigenvalue weighted by Crippen LogP contribution is 2.64. The van der Waals surface area contributed by atoms with Crippen LogP contribution >= 0.6 is 0 Å². The van der Waals surface area contributed by atoms with E-state index >= 15 is 0 Å². The van der Waals surface area contributed by atoms with E-state index in [9.17, 15) is 0 Å². The highest BCUT2D eigenvalue weighted by molar-refractivity contribution is 6.07. The Bertz CT molecular complexity index is 1600. The van der Waals surface area contributed by atoms with Crippen LogP contribution in [0.25, 0.3) is 33.2 Å². The Balaban J connectivity index is 1.68. The van der Waals surface area contributed by atoms with Gasteiger partial charge < -0.3 is 0 Å². The second-order valence-electron chi connectivity index (χ2n) is 9.31. The first-order chi connectivity index (χ1) is 14.6. The third-order valence-corrected chi connectivity index (χ3v) is 8.21. The van der Waals surface area contributed by atoms with E-state index in [1.54, 1.807) is 0 Å². The maximum absolute atomic E-state index is 2.45. The van der Waals surface area contributed by atoms with Crippen molar-refractivity contribution in [3.8, 4) is 0 Å². The van der Waals surface area contributed by atoms with Crippen LogP contribution in [0.5, 0.6) is 0 Å². The second kappa shape index (κ2) is 5.21. The zero-order chi connectivity index (χ0) is 20.1. The molecule has 7 rings (SSSR count). The molecule has 0 N–H and O–H groups in total. The number of allylic oxidation sites excluding steroid dienone is 10. The number of fused-ring (bicyclic) bond motifs is 4. The van der Waals surface area contributed by atoms with E-state index in [0.29, 0.717) is 0 Å². The molecular formula is C30H22. The second-order valence-corrected chi connectivity index (χ2v) is 9.31. The zero-order valence-electron chi connectivity index (χ0n) is 17.2. The molecule has 0 heterocycles. The number of hydrogen-bond acceptors (Lipinski definition) is 0. The monoisotopic (exact) mass is 382 g/mol. The molecule has 4 aliphatic rings. The number of rotatable bonds is 0. The molecule has 0 heteroatoms. The molecule has 0 spiro atoms. The van der Waals surface area contributed by atoms with Gasteiger partial charge in [-0.3, -0.25) is 0 Å². The summed E-state index contributed by atoms with van der Waals surface area (Å²) in [5.74, 6) is 0. The van der Waals surface area contributed by atoms with Crippen LogP contribution in [0.15, 0.2) is 108 Å². The summed E-state index contributed by atoms with van der Waals surface area (Å²) in [5.41, 5.74) is 5.61. The van der Waals surface area contributed by atoms with Gasteiger partial charge in [-0.2, -0.15) is 0 Å². The van der Waals surface area contributed by atoms with Crippen molar-refractivity contribution in [2.24, 2.45) is 10.8 Å². The summed E-state index contributed by atoms with van der Waals surface area (Å²) in [6.07, 6.45) is 18.6. The molecule has 0 fully saturated rings. The first kappa shape index (κ1) is 16.4. The van der Waals surface area contributed by atoms with Crippen molar-refractivity contribution in [1.82, 2.24) is 0 Å². The molecule has 0 nitrogen and oxygen atoms in total. The lowest BCUT2D eigenvalue weighted by Gasteiger charge is -2.55. The van der Waals surface area contributed by atoms with E-state index in [2.05, 4.69) is 111 Å². The lowest BCUT2D eigenvalue weighted by Crippen LogP contribution is -2.51. The van der Waals surface area contributed by atoms with E-state index in [-0.39, 0.29) is 10.8 Å². The van der Waals surface area contributed by atoms with Gasteiger partial charge in [-0.1, -0.05) is 98.9 Å². The highest BCUT2D eigenvalue weighted by atomic mass is 14.6. The molecule has 0 saturated heterocycles. The van der Waals surface area contributed by atoms with E-state index in [0.717, 1.165) is 0 Å². The lowest BCUT2D eigenvalue weighted by atomic mass is 9.47. The third kappa shape index (κ3) is 1.71. The summed E-state index contributed by atoms with van der Waals surface area (Å²) in [5, 5.41) is 8.01. The standard InChI is InChI=1S/C30H22/c1-29-22-7-5-8-23(29)14-15-28-27-17-20-11-10-19-6-3-4-9-25(19)26(20)18-21(27)16-24(13-12-22)30(28,29)2/h3-18H,1-2H3/t29-,30-/m0/s1. The Hall–Kier alpha value is -3.38. The van der Waals surface area contributed by atoms with Gasteiger partial charge in [0, 0.05) is 10.8 Å². The van der Waals surface area contributed by atoms with Crippen molar-refractivity contribution in [1.29, 1.82) is 0 Å². The Morgan fingerprint density at radius 3 is 2.37 bits per heavy atom. The van der Waals surface area contributed by atoms with Crippen LogP contribution < -0.4 is 10.4 Å². The summed E-state index contributed by atoms with van der Waals surface area (Å²) in [6.45, 7) is 4.87. The van der Waals surface area contributed by atoms with Gasteiger partial charge >= 0.3 is 0 Å². The van der Waals surface area contributed by atoms with Gasteiger partial charge in [0.25, 0.3) is 0 Å². The average molecular weight is 383 g/mol. The maximum Gasteiger partial charge on any atom is 0.0315 e. The first-order valence-corrected chi connectivity index (χ1v) is 10.8. The molecule has 0 unspecified atom stereocenters. The predicted octanol–water partition coefficient (Wildman–Crippen LogP) is 5.88. The Kier molecular flexibility index (Phi) is 2.85. The molecule has 2 atom stereocenters.